The monoisotopic (exact) mass is 407 g/mol. The minimum atomic E-state index is -1.41. The van der Waals surface area contributed by atoms with Crippen molar-refractivity contribution in [2.45, 2.75) is 24.9 Å². The van der Waals surface area contributed by atoms with Crippen molar-refractivity contribution in [3.63, 3.8) is 0 Å². The van der Waals surface area contributed by atoms with Crippen LogP contribution in [0.5, 0.6) is 0 Å². The molecule has 2 aromatic rings. The van der Waals surface area contributed by atoms with Crippen molar-refractivity contribution in [1.29, 1.82) is 0 Å². The van der Waals surface area contributed by atoms with E-state index in [2.05, 4.69) is 0 Å². The molecule has 27 heavy (non-hydrogen) atoms. The van der Waals surface area contributed by atoms with Gasteiger partial charge in [-0.05, 0) is 62.7 Å². The molecule has 1 aliphatic rings. The van der Waals surface area contributed by atoms with E-state index in [9.17, 15) is 9.50 Å². The Balaban J connectivity index is 2.15. The second-order valence-electron chi connectivity index (χ2n) is 7.44. The van der Waals surface area contributed by atoms with Crippen molar-refractivity contribution >= 4 is 29.3 Å². The number of aliphatic hydroxyl groups is 1. The molecule has 2 aromatic carbocycles. The molecule has 0 saturated heterocycles. The second kappa shape index (κ2) is 8.32. The Morgan fingerprint density at radius 1 is 1.19 bits per heavy atom. The predicted octanol–water partition coefficient (Wildman–Crippen LogP) is 5.77. The van der Waals surface area contributed by atoms with Gasteiger partial charge < -0.3 is 10.0 Å². The van der Waals surface area contributed by atoms with Gasteiger partial charge in [-0.15, -0.1) is 0 Å². The van der Waals surface area contributed by atoms with Gasteiger partial charge in [0.05, 0.1) is 5.02 Å². The lowest BCUT2D eigenvalue weighted by Gasteiger charge is -2.44. The zero-order chi connectivity index (χ0) is 19.6. The number of hydrogen-bond donors (Lipinski definition) is 1. The maximum absolute atomic E-state index is 15.0. The van der Waals surface area contributed by atoms with E-state index in [1.54, 1.807) is 12.1 Å². The number of halogens is 3. The van der Waals surface area contributed by atoms with Gasteiger partial charge in [0.15, 0.2) is 0 Å². The summed E-state index contributed by atoms with van der Waals surface area (Å²) >= 11 is 12.0. The first kappa shape index (κ1) is 20.3. The zero-order valence-corrected chi connectivity index (χ0v) is 17.1. The maximum Gasteiger partial charge on any atom is 0.148 e. The fourth-order valence-electron chi connectivity index (χ4n) is 4.00. The normalized spacial score (nSPS) is 24.6. The molecule has 1 fully saturated rings. The molecule has 1 N–H and O–H groups in total. The average molecular weight is 408 g/mol. The average Bonchev–Trinajstić information content (AvgIpc) is 2.62. The molecule has 2 atom stereocenters. The lowest BCUT2D eigenvalue weighted by molar-refractivity contribution is -0.0200. The maximum atomic E-state index is 15.0. The third-order valence-corrected chi connectivity index (χ3v) is 5.78. The van der Waals surface area contributed by atoms with Crippen LogP contribution < -0.4 is 0 Å². The summed E-state index contributed by atoms with van der Waals surface area (Å²) in [5.41, 5.74) is 0.587. The van der Waals surface area contributed by atoms with Crippen LogP contribution in [0.25, 0.3) is 6.08 Å². The number of benzene rings is 2. The number of nitrogens with zero attached hydrogens (tertiary/aromatic N) is 1. The summed E-state index contributed by atoms with van der Waals surface area (Å²) in [7, 11) is 3.93. The lowest BCUT2D eigenvalue weighted by Crippen LogP contribution is -2.45. The molecule has 0 amide bonds. The summed E-state index contributed by atoms with van der Waals surface area (Å²) in [5.74, 6) is -0.679. The Labute approximate surface area is 170 Å². The molecule has 3 rings (SSSR count). The predicted molar refractivity (Wildman–Crippen MR) is 111 cm³/mol. The van der Waals surface area contributed by atoms with Crippen LogP contribution in [0.2, 0.25) is 10.0 Å². The highest BCUT2D eigenvalue weighted by Gasteiger charge is 2.46. The molecule has 5 heteroatoms. The Morgan fingerprint density at radius 2 is 1.89 bits per heavy atom. The highest BCUT2D eigenvalue weighted by atomic mass is 35.5. The third kappa shape index (κ3) is 4.22. The smallest absolute Gasteiger partial charge is 0.148 e. The van der Waals surface area contributed by atoms with Crippen LogP contribution in [0, 0.1) is 11.7 Å². The van der Waals surface area contributed by atoms with Crippen molar-refractivity contribution in [3.8, 4) is 0 Å². The molecular weight excluding hydrogens is 384 g/mol. The first-order valence-electron chi connectivity index (χ1n) is 9.10. The minimum Gasteiger partial charge on any atom is -0.380 e. The number of hydrogen-bond acceptors (Lipinski definition) is 2. The van der Waals surface area contributed by atoms with E-state index in [4.69, 9.17) is 23.2 Å². The molecule has 144 valence electrons. The highest BCUT2D eigenvalue weighted by Crippen LogP contribution is 2.47. The summed E-state index contributed by atoms with van der Waals surface area (Å²) in [6, 6.07) is 12.3. The SMILES string of the molecule is CN(C)CC1CCCC(=Cc2ccc(Cl)cc2)C1(O)c1cccc(Cl)c1F. The van der Waals surface area contributed by atoms with Crippen LogP contribution in [0.1, 0.15) is 30.4 Å². The van der Waals surface area contributed by atoms with Gasteiger partial charge in [-0.2, -0.15) is 0 Å². The van der Waals surface area contributed by atoms with Gasteiger partial charge in [0.1, 0.15) is 11.4 Å². The summed E-state index contributed by atoms with van der Waals surface area (Å²) in [4.78, 5) is 2.03. The Bertz CT molecular complexity index is 835. The van der Waals surface area contributed by atoms with E-state index in [0.29, 0.717) is 18.0 Å². The van der Waals surface area contributed by atoms with Gasteiger partial charge in [0, 0.05) is 23.0 Å². The molecule has 0 radical (unpaired) electrons. The van der Waals surface area contributed by atoms with Crippen molar-refractivity contribution < 1.29 is 9.50 Å². The van der Waals surface area contributed by atoms with Gasteiger partial charge in [-0.25, -0.2) is 4.39 Å². The molecule has 1 aliphatic carbocycles. The van der Waals surface area contributed by atoms with Crippen LogP contribution >= 0.6 is 23.2 Å². The topological polar surface area (TPSA) is 23.5 Å². The Morgan fingerprint density at radius 3 is 2.56 bits per heavy atom. The van der Waals surface area contributed by atoms with Crippen LogP contribution in [0.15, 0.2) is 48.0 Å². The van der Waals surface area contributed by atoms with Gasteiger partial charge in [0.25, 0.3) is 0 Å². The van der Waals surface area contributed by atoms with Crippen molar-refractivity contribution in [2.24, 2.45) is 5.92 Å². The first-order chi connectivity index (χ1) is 12.8. The van der Waals surface area contributed by atoms with Gasteiger partial charge in [-0.3, -0.25) is 0 Å². The molecule has 0 aliphatic heterocycles. The molecule has 1 saturated carbocycles. The Hall–Kier alpha value is -1.39. The van der Waals surface area contributed by atoms with E-state index in [0.717, 1.165) is 24.0 Å². The summed E-state index contributed by atoms with van der Waals surface area (Å²) in [6.07, 6.45) is 4.43. The van der Waals surface area contributed by atoms with Crippen molar-refractivity contribution in [2.75, 3.05) is 20.6 Å². The molecule has 0 spiro atoms. The summed E-state index contributed by atoms with van der Waals surface area (Å²) in [6.45, 7) is 0.653. The van der Waals surface area contributed by atoms with Crippen LogP contribution in [0.4, 0.5) is 4.39 Å². The molecule has 0 bridgehead atoms. The fraction of sp³-hybridized carbons (Fsp3) is 0.364. The molecule has 2 unspecified atom stereocenters. The van der Waals surface area contributed by atoms with E-state index in [-0.39, 0.29) is 16.5 Å². The third-order valence-electron chi connectivity index (χ3n) is 5.24. The highest BCUT2D eigenvalue weighted by molar-refractivity contribution is 6.31. The summed E-state index contributed by atoms with van der Waals surface area (Å²) < 4.78 is 15.0. The molecule has 0 aromatic heterocycles. The minimum absolute atomic E-state index is 0.0287. The van der Waals surface area contributed by atoms with Crippen LogP contribution in [-0.2, 0) is 5.60 Å². The van der Waals surface area contributed by atoms with Crippen LogP contribution in [-0.4, -0.2) is 30.6 Å². The van der Waals surface area contributed by atoms with Crippen molar-refractivity contribution in [1.82, 2.24) is 4.90 Å². The van der Waals surface area contributed by atoms with Crippen molar-refractivity contribution in [3.05, 3.63) is 75.0 Å². The van der Waals surface area contributed by atoms with Gasteiger partial charge in [0.2, 0.25) is 0 Å². The molecule has 0 heterocycles. The standard InChI is InChI=1S/C22H24Cl2FNO/c1-26(2)14-17-6-3-5-16(13-15-9-11-18(23)12-10-15)22(17,27)19-7-4-8-20(24)21(19)25/h4,7-13,17,27H,3,5-6,14H2,1-2H3. The van der Waals surface area contributed by atoms with E-state index >= 15 is 0 Å². The van der Waals surface area contributed by atoms with E-state index in [1.165, 1.54) is 6.07 Å². The Kier molecular flexibility index (Phi) is 6.27. The number of rotatable bonds is 4. The largest absolute Gasteiger partial charge is 0.380 e. The van der Waals surface area contributed by atoms with E-state index < -0.39 is 11.4 Å². The molecular formula is C22H24Cl2FNO. The second-order valence-corrected chi connectivity index (χ2v) is 8.28. The first-order valence-corrected chi connectivity index (χ1v) is 9.86. The zero-order valence-electron chi connectivity index (χ0n) is 15.6. The van der Waals surface area contributed by atoms with E-state index in [1.807, 2.05) is 49.3 Å². The van der Waals surface area contributed by atoms with Crippen LogP contribution in [0.3, 0.4) is 0 Å². The summed E-state index contributed by atoms with van der Waals surface area (Å²) in [5, 5.41) is 12.6. The quantitative estimate of drug-likeness (QED) is 0.695. The fourth-order valence-corrected chi connectivity index (χ4v) is 4.30. The molecule has 2 nitrogen and oxygen atoms in total. The van der Waals surface area contributed by atoms with Gasteiger partial charge in [-0.1, -0.05) is 53.5 Å². The lowest BCUT2D eigenvalue weighted by atomic mass is 9.67. The van der Waals surface area contributed by atoms with Gasteiger partial charge >= 0.3 is 0 Å².